The summed E-state index contributed by atoms with van der Waals surface area (Å²) in [5.74, 6) is -0.112. The molecule has 0 saturated heterocycles. The van der Waals surface area contributed by atoms with Crippen molar-refractivity contribution in [2.45, 2.75) is 6.17 Å². The van der Waals surface area contributed by atoms with E-state index in [2.05, 4.69) is 10.6 Å². The molecule has 6 heteroatoms. The number of hydrogen-bond acceptors (Lipinski definition) is 3. The number of rotatable bonds is 3. The Hall–Kier alpha value is -3.57. The third-order valence-electron chi connectivity index (χ3n) is 4.94. The van der Waals surface area contributed by atoms with Gasteiger partial charge in [-0.05, 0) is 36.4 Å². The van der Waals surface area contributed by atoms with E-state index in [0.29, 0.717) is 10.6 Å². The lowest BCUT2D eigenvalue weighted by Crippen LogP contribution is -2.38. The topological polar surface area (TPSA) is 59.0 Å². The smallest absolute Gasteiger partial charge is 0.255 e. The van der Waals surface area contributed by atoms with Gasteiger partial charge in [-0.1, -0.05) is 54.1 Å². The van der Waals surface area contributed by atoms with Crippen LogP contribution < -0.4 is 10.6 Å². The van der Waals surface area contributed by atoms with Gasteiger partial charge >= 0.3 is 0 Å². The normalized spacial score (nSPS) is 15.3. The molecule has 0 aliphatic carbocycles. The number of nitrogens with zero attached hydrogens (tertiary/aromatic N) is 2. The van der Waals surface area contributed by atoms with Gasteiger partial charge in [-0.3, -0.25) is 4.79 Å². The van der Waals surface area contributed by atoms with Crippen molar-refractivity contribution >= 4 is 23.2 Å². The SMILES string of the molecule is O=C1N[C@@H](c2cn(-c3ccccc3)nc2-c2ccc(Cl)cc2)Nc2ccccc21. The molecule has 1 amide bonds. The fraction of sp³-hybridized carbons (Fsp3) is 0.0435. The first-order valence-corrected chi connectivity index (χ1v) is 9.64. The Morgan fingerprint density at radius 2 is 1.59 bits per heavy atom. The summed E-state index contributed by atoms with van der Waals surface area (Å²) in [5.41, 5.74) is 4.95. The molecule has 5 rings (SSSR count). The zero-order valence-electron chi connectivity index (χ0n) is 15.3. The van der Waals surface area contributed by atoms with Gasteiger partial charge < -0.3 is 10.6 Å². The number of carbonyl (C=O) groups is 1. The summed E-state index contributed by atoms with van der Waals surface area (Å²) in [4.78, 5) is 12.6. The molecular formula is C23H17ClN4O. The van der Waals surface area contributed by atoms with Crippen LogP contribution in [0.5, 0.6) is 0 Å². The van der Waals surface area contributed by atoms with Crippen molar-refractivity contribution in [1.82, 2.24) is 15.1 Å². The number of fused-ring (bicyclic) bond motifs is 1. The third kappa shape index (κ3) is 3.26. The highest BCUT2D eigenvalue weighted by molar-refractivity contribution is 6.30. The van der Waals surface area contributed by atoms with E-state index in [1.165, 1.54) is 0 Å². The first-order chi connectivity index (χ1) is 14.2. The molecule has 142 valence electrons. The largest absolute Gasteiger partial charge is 0.361 e. The van der Waals surface area contributed by atoms with E-state index < -0.39 is 6.17 Å². The Labute approximate surface area is 172 Å². The number of para-hydroxylation sites is 2. The quantitative estimate of drug-likeness (QED) is 0.506. The second-order valence-electron chi connectivity index (χ2n) is 6.82. The van der Waals surface area contributed by atoms with Crippen LogP contribution in [0.1, 0.15) is 22.1 Å². The number of aromatic nitrogens is 2. The third-order valence-corrected chi connectivity index (χ3v) is 5.19. The zero-order chi connectivity index (χ0) is 19.8. The van der Waals surface area contributed by atoms with Crippen molar-refractivity contribution in [3.05, 3.63) is 101 Å². The lowest BCUT2D eigenvalue weighted by Gasteiger charge is -2.27. The molecule has 0 radical (unpaired) electrons. The maximum Gasteiger partial charge on any atom is 0.255 e. The number of nitrogens with one attached hydrogen (secondary N) is 2. The molecule has 2 N–H and O–H groups in total. The number of hydrogen-bond donors (Lipinski definition) is 2. The molecule has 1 aliphatic rings. The van der Waals surface area contributed by atoms with Crippen LogP contribution in [0.4, 0.5) is 5.69 Å². The molecule has 2 heterocycles. The Morgan fingerprint density at radius 1 is 0.862 bits per heavy atom. The minimum absolute atomic E-state index is 0.112. The summed E-state index contributed by atoms with van der Waals surface area (Å²) in [6.07, 6.45) is 1.55. The van der Waals surface area contributed by atoms with E-state index in [1.54, 1.807) is 6.07 Å². The minimum atomic E-state index is -0.402. The molecule has 0 fully saturated rings. The Bertz CT molecular complexity index is 1190. The highest BCUT2D eigenvalue weighted by Crippen LogP contribution is 2.33. The van der Waals surface area contributed by atoms with E-state index >= 15 is 0 Å². The lowest BCUT2D eigenvalue weighted by atomic mass is 10.0. The molecule has 4 aromatic rings. The lowest BCUT2D eigenvalue weighted by molar-refractivity contribution is 0.0936. The van der Waals surface area contributed by atoms with Gasteiger partial charge in [0.25, 0.3) is 5.91 Å². The summed E-state index contributed by atoms with van der Waals surface area (Å²) >= 11 is 6.07. The van der Waals surface area contributed by atoms with Crippen molar-refractivity contribution < 1.29 is 4.79 Å². The van der Waals surface area contributed by atoms with Gasteiger partial charge in [0.1, 0.15) is 6.17 Å². The monoisotopic (exact) mass is 400 g/mol. The van der Waals surface area contributed by atoms with Gasteiger partial charge in [-0.25, -0.2) is 4.68 Å². The van der Waals surface area contributed by atoms with Gasteiger partial charge in [0.05, 0.1) is 16.9 Å². The first-order valence-electron chi connectivity index (χ1n) is 9.26. The van der Waals surface area contributed by atoms with Gasteiger partial charge in [-0.2, -0.15) is 5.10 Å². The Kier molecular flexibility index (Phi) is 4.30. The molecule has 1 aromatic heterocycles. The minimum Gasteiger partial charge on any atom is -0.361 e. The fourth-order valence-corrected chi connectivity index (χ4v) is 3.63. The van der Waals surface area contributed by atoms with Crippen molar-refractivity contribution in [1.29, 1.82) is 0 Å². The molecule has 29 heavy (non-hydrogen) atoms. The van der Waals surface area contributed by atoms with E-state index in [4.69, 9.17) is 16.7 Å². The zero-order valence-corrected chi connectivity index (χ0v) is 16.1. The summed E-state index contributed by atoms with van der Waals surface area (Å²) in [6, 6.07) is 24.9. The second-order valence-corrected chi connectivity index (χ2v) is 7.25. The number of amides is 1. The van der Waals surface area contributed by atoms with E-state index in [1.807, 2.05) is 83.7 Å². The second kappa shape index (κ2) is 7.11. The van der Waals surface area contributed by atoms with Crippen LogP contribution in [0, 0.1) is 0 Å². The van der Waals surface area contributed by atoms with Crippen molar-refractivity contribution in [2.75, 3.05) is 5.32 Å². The standard InChI is InChI=1S/C23H17ClN4O/c24-16-12-10-15(11-13-16)21-19(14-28(27-21)17-6-2-1-3-7-17)22-25-20-9-5-4-8-18(20)23(29)26-22/h1-14,22,25H,(H,26,29)/t22-/m0/s1. The van der Waals surface area contributed by atoms with Gasteiger partial charge in [-0.15, -0.1) is 0 Å². The van der Waals surface area contributed by atoms with E-state index in [0.717, 1.165) is 28.2 Å². The Balaban J connectivity index is 1.62. The van der Waals surface area contributed by atoms with Crippen molar-refractivity contribution in [3.63, 3.8) is 0 Å². The highest BCUT2D eigenvalue weighted by atomic mass is 35.5. The molecule has 3 aromatic carbocycles. The van der Waals surface area contributed by atoms with Crippen LogP contribution >= 0.6 is 11.6 Å². The van der Waals surface area contributed by atoms with E-state index in [-0.39, 0.29) is 5.91 Å². The molecule has 0 bridgehead atoms. The molecule has 0 saturated carbocycles. The summed E-state index contributed by atoms with van der Waals surface area (Å²) in [7, 11) is 0. The van der Waals surface area contributed by atoms with Crippen molar-refractivity contribution in [2.24, 2.45) is 0 Å². The van der Waals surface area contributed by atoms with Gasteiger partial charge in [0.15, 0.2) is 0 Å². The van der Waals surface area contributed by atoms with Crippen LogP contribution in [-0.2, 0) is 0 Å². The number of carbonyl (C=O) groups excluding carboxylic acids is 1. The van der Waals surface area contributed by atoms with E-state index in [9.17, 15) is 4.79 Å². The average molecular weight is 401 g/mol. The van der Waals surface area contributed by atoms with Gasteiger partial charge in [0.2, 0.25) is 0 Å². The summed E-state index contributed by atoms with van der Waals surface area (Å²) in [6.45, 7) is 0. The van der Waals surface area contributed by atoms with Crippen LogP contribution in [0.15, 0.2) is 85.1 Å². The number of halogens is 1. The van der Waals surface area contributed by atoms with Crippen LogP contribution in [0.2, 0.25) is 5.02 Å². The average Bonchev–Trinajstić information content (AvgIpc) is 3.20. The van der Waals surface area contributed by atoms with Crippen LogP contribution in [0.25, 0.3) is 16.9 Å². The maximum absolute atomic E-state index is 12.6. The Morgan fingerprint density at radius 3 is 2.38 bits per heavy atom. The number of anilines is 1. The summed E-state index contributed by atoms with van der Waals surface area (Å²) in [5, 5.41) is 11.9. The fourth-order valence-electron chi connectivity index (χ4n) is 3.51. The van der Waals surface area contributed by atoms with Crippen molar-refractivity contribution in [3.8, 4) is 16.9 Å². The molecule has 1 atom stereocenters. The van der Waals surface area contributed by atoms with Gasteiger partial charge in [0, 0.05) is 28.0 Å². The molecule has 1 aliphatic heterocycles. The first kappa shape index (κ1) is 17.5. The number of benzene rings is 3. The van der Waals surface area contributed by atoms with Crippen LogP contribution in [-0.4, -0.2) is 15.7 Å². The molecule has 5 nitrogen and oxygen atoms in total. The highest BCUT2D eigenvalue weighted by Gasteiger charge is 2.28. The predicted molar refractivity (Wildman–Crippen MR) is 114 cm³/mol. The summed E-state index contributed by atoms with van der Waals surface area (Å²) < 4.78 is 1.83. The molecule has 0 spiro atoms. The molecule has 0 unspecified atom stereocenters. The van der Waals surface area contributed by atoms with Crippen LogP contribution in [0.3, 0.4) is 0 Å². The predicted octanol–water partition coefficient (Wildman–Crippen LogP) is 5.05. The molecular weight excluding hydrogens is 384 g/mol. The maximum atomic E-state index is 12.6.